The fourth-order valence-corrected chi connectivity index (χ4v) is 2.93. The summed E-state index contributed by atoms with van der Waals surface area (Å²) in [7, 11) is 0. The van der Waals surface area contributed by atoms with Gasteiger partial charge in [-0.25, -0.2) is 0 Å². The van der Waals surface area contributed by atoms with E-state index in [0.717, 1.165) is 17.9 Å². The van der Waals surface area contributed by atoms with Gasteiger partial charge in [0.2, 0.25) is 0 Å². The van der Waals surface area contributed by atoms with Crippen LogP contribution in [0.2, 0.25) is 0 Å². The molecule has 2 N–H and O–H groups in total. The fraction of sp³-hybridized carbons (Fsp3) is 0.400. The number of nitrogens with zero attached hydrogens (tertiary/aromatic N) is 2. The summed E-state index contributed by atoms with van der Waals surface area (Å²) in [4.78, 5) is 12.3. The SMILES string of the molecule is Cc1n[nH]c(=S)n1-c1cccc(NC(=O)[C@H]2OCC[C@H]2C)c1. The molecule has 0 unspecified atom stereocenters. The molecule has 0 bridgehead atoms. The summed E-state index contributed by atoms with van der Waals surface area (Å²) < 4.78 is 7.83. The molecule has 1 saturated heterocycles. The number of aryl methyl sites for hydroxylation is 1. The molecule has 0 radical (unpaired) electrons. The summed E-state index contributed by atoms with van der Waals surface area (Å²) in [6.07, 6.45) is 0.545. The van der Waals surface area contributed by atoms with Gasteiger partial charge in [-0.1, -0.05) is 13.0 Å². The van der Waals surface area contributed by atoms with E-state index in [2.05, 4.69) is 15.5 Å². The number of anilines is 1. The average Bonchev–Trinajstić information content (AvgIpc) is 3.05. The highest BCUT2D eigenvalue weighted by atomic mass is 32.1. The van der Waals surface area contributed by atoms with E-state index >= 15 is 0 Å². The van der Waals surface area contributed by atoms with Crippen LogP contribution in [0.3, 0.4) is 0 Å². The van der Waals surface area contributed by atoms with E-state index in [0.29, 0.717) is 17.1 Å². The number of hydrogen-bond donors (Lipinski definition) is 2. The Hall–Kier alpha value is -1.99. The molecule has 116 valence electrons. The van der Waals surface area contributed by atoms with Crippen LogP contribution < -0.4 is 5.32 Å². The molecule has 6 nitrogen and oxygen atoms in total. The number of hydrogen-bond acceptors (Lipinski definition) is 4. The third kappa shape index (κ3) is 2.82. The van der Waals surface area contributed by atoms with Gasteiger partial charge in [-0.2, -0.15) is 5.10 Å². The first-order valence-electron chi connectivity index (χ1n) is 7.23. The van der Waals surface area contributed by atoms with E-state index in [4.69, 9.17) is 17.0 Å². The molecule has 2 heterocycles. The molecule has 2 aromatic rings. The normalized spacial score (nSPS) is 21.0. The van der Waals surface area contributed by atoms with Crippen molar-refractivity contribution in [3.05, 3.63) is 34.9 Å². The summed E-state index contributed by atoms with van der Waals surface area (Å²) >= 11 is 5.23. The smallest absolute Gasteiger partial charge is 0.253 e. The Morgan fingerprint density at radius 3 is 3.00 bits per heavy atom. The zero-order valence-corrected chi connectivity index (χ0v) is 13.3. The fourth-order valence-electron chi connectivity index (χ4n) is 2.65. The first kappa shape index (κ1) is 14.9. The Morgan fingerprint density at radius 2 is 2.36 bits per heavy atom. The van der Waals surface area contributed by atoms with Crippen molar-refractivity contribution in [1.29, 1.82) is 0 Å². The lowest BCUT2D eigenvalue weighted by Crippen LogP contribution is -2.31. The van der Waals surface area contributed by atoms with Crippen LogP contribution in [-0.2, 0) is 9.53 Å². The zero-order chi connectivity index (χ0) is 15.7. The molecular weight excluding hydrogens is 300 g/mol. The Bertz CT molecular complexity index is 752. The second-order valence-corrected chi connectivity index (χ2v) is 5.90. The van der Waals surface area contributed by atoms with Gasteiger partial charge in [-0.05, 0) is 49.7 Å². The summed E-state index contributed by atoms with van der Waals surface area (Å²) in [6, 6.07) is 7.51. The first-order chi connectivity index (χ1) is 10.6. The zero-order valence-electron chi connectivity index (χ0n) is 12.5. The number of benzene rings is 1. The van der Waals surface area contributed by atoms with Crippen molar-refractivity contribution in [3.8, 4) is 5.69 Å². The summed E-state index contributed by atoms with van der Waals surface area (Å²) in [6.45, 7) is 4.54. The Morgan fingerprint density at radius 1 is 1.55 bits per heavy atom. The first-order valence-corrected chi connectivity index (χ1v) is 7.64. The van der Waals surface area contributed by atoms with E-state index in [-0.39, 0.29) is 17.9 Å². The van der Waals surface area contributed by atoms with Gasteiger partial charge >= 0.3 is 0 Å². The number of aromatic nitrogens is 3. The van der Waals surface area contributed by atoms with Crippen molar-refractivity contribution >= 4 is 23.8 Å². The summed E-state index contributed by atoms with van der Waals surface area (Å²) in [5.41, 5.74) is 1.57. The molecule has 1 amide bonds. The van der Waals surface area contributed by atoms with Crippen molar-refractivity contribution < 1.29 is 9.53 Å². The second-order valence-electron chi connectivity index (χ2n) is 5.51. The van der Waals surface area contributed by atoms with Crippen LogP contribution >= 0.6 is 12.2 Å². The van der Waals surface area contributed by atoms with Gasteiger partial charge in [0.1, 0.15) is 11.9 Å². The van der Waals surface area contributed by atoms with E-state index in [1.807, 2.05) is 42.7 Å². The molecule has 7 heteroatoms. The highest BCUT2D eigenvalue weighted by Crippen LogP contribution is 2.22. The third-order valence-corrected chi connectivity index (χ3v) is 4.13. The number of aromatic amines is 1. The number of carbonyl (C=O) groups is 1. The van der Waals surface area contributed by atoms with Crippen LogP contribution in [-0.4, -0.2) is 33.4 Å². The van der Waals surface area contributed by atoms with Crippen molar-refractivity contribution in [3.63, 3.8) is 0 Å². The standard InChI is InChI=1S/C15H18N4O2S/c1-9-6-7-21-13(9)14(20)16-11-4-3-5-12(8-11)19-10(2)17-18-15(19)22/h3-5,8-9,13H,6-7H2,1-2H3,(H,16,20)(H,18,22)/t9-,13+/m1/s1. The van der Waals surface area contributed by atoms with E-state index in [9.17, 15) is 4.79 Å². The number of ether oxygens (including phenoxy) is 1. The van der Waals surface area contributed by atoms with Crippen LogP contribution in [0.5, 0.6) is 0 Å². The maximum absolute atomic E-state index is 12.3. The van der Waals surface area contributed by atoms with Gasteiger partial charge < -0.3 is 10.1 Å². The van der Waals surface area contributed by atoms with Crippen LogP contribution in [0.1, 0.15) is 19.2 Å². The molecule has 3 rings (SSSR count). The summed E-state index contributed by atoms with van der Waals surface area (Å²) in [5, 5.41) is 9.76. The Kier molecular flexibility index (Phi) is 4.08. The largest absolute Gasteiger partial charge is 0.368 e. The summed E-state index contributed by atoms with van der Waals surface area (Å²) in [5.74, 6) is 0.906. The van der Waals surface area contributed by atoms with E-state index < -0.39 is 0 Å². The maximum atomic E-state index is 12.3. The van der Waals surface area contributed by atoms with Crippen molar-refractivity contribution in [2.45, 2.75) is 26.4 Å². The van der Waals surface area contributed by atoms with Crippen molar-refractivity contribution in [2.24, 2.45) is 5.92 Å². The quantitative estimate of drug-likeness (QED) is 0.853. The number of H-pyrrole nitrogens is 1. The predicted molar refractivity (Wildman–Crippen MR) is 85.6 cm³/mol. The third-order valence-electron chi connectivity index (χ3n) is 3.86. The highest BCUT2D eigenvalue weighted by molar-refractivity contribution is 7.71. The van der Waals surface area contributed by atoms with Gasteiger partial charge in [0, 0.05) is 12.3 Å². The Labute approximate surface area is 133 Å². The number of nitrogens with one attached hydrogen (secondary N) is 2. The number of amides is 1. The topological polar surface area (TPSA) is 71.9 Å². The van der Waals surface area contributed by atoms with Crippen molar-refractivity contribution in [2.75, 3.05) is 11.9 Å². The molecule has 0 aliphatic carbocycles. The minimum atomic E-state index is -0.374. The molecule has 1 aromatic heterocycles. The molecule has 1 aromatic carbocycles. The molecule has 1 aliphatic rings. The lowest BCUT2D eigenvalue weighted by atomic mass is 10.0. The van der Waals surface area contributed by atoms with Gasteiger partial charge in [0.25, 0.3) is 5.91 Å². The van der Waals surface area contributed by atoms with Gasteiger partial charge in [0.15, 0.2) is 4.77 Å². The van der Waals surface area contributed by atoms with Crippen LogP contribution in [0.4, 0.5) is 5.69 Å². The van der Waals surface area contributed by atoms with Gasteiger partial charge in [-0.3, -0.25) is 14.5 Å². The van der Waals surface area contributed by atoms with Crippen molar-refractivity contribution in [1.82, 2.24) is 14.8 Å². The molecule has 1 aliphatic heterocycles. The highest BCUT2D eigenvalue weighted by Gasteiger charge is 2.30. The molecule has 0 saturated carbocycles. The van der Waals surface area contributed by atoms with Crippen LogP contribution in [0, 0.1) is 17.6 Å². The van der Waals surface area contributed by atoms with E-state index in [1.54, 1.807) is 0 Å². The van der Waals surface area contributed by atoms with Crippen LogP contribution in [0.15, 0.2) is 24.3 Å². The van der Waals surface area contributed by atoms with E-state index in [1.165, 1.54) is 0 Å². The number of rotatable bonds is 3. The lowest BCUT2D eigenvalue weighted by molar-refractivity contribution is -0.126. The monoisotopic (exact) mass is 318 g/mol. The van der Waals surface area contributed by atoms with Gasteiger partial charge in [-0.15, -0.1) is 0 Å². The van der Waals surface area contributed by atoms with Gasteiger partial charge in [0.05, 0.1) is 5.69 Å². The predicted octanol–water partition coefficient (Wildman–Crippen LogP) is 2.60. The Balaban J connectivity index is 1.83. The lowest BCUT2D eigenvalue weighted by Gasteiger charge is -2.15. The molecule has 0 spiro atoms. The molecule has 2 atom stereocenters. The number of carbonyl (C=O) groups excluding carboxylic acids is 1. The second kappa shape index (κ2) is 6.02. The minimum absolute atomic E-state index is 0.102. The molecule has 1 fully saturated rings. The minimum Gasteiger partial charge on any atom is -0.368 e. The average molecular weight is 318 g/mol. The maximum Gasteiger partial charge on any atom is 0.253 e. The molecule has 22 heavy (non-hydrogen) atoms. The molecular formula is C15H18N4O2S. The van der Waals surface area contributed by atoms with Crippen LogP contribution in [0.25, 0.3) is 5.69 Å².